The highest BCUT2D eigenvalue weighted by molar-refractivity contribution is 8.05. The average Bonchev–Trinajstić information content (AvgIpc) is 3.17. The van der Waals surface area contributed by atoms with Crippen molar-refractivity contribution in [1.82, 2.24) is 10.2 Å². The summed E-state index contributed by atoms with van der Waals surface area (Å²) in [5.74, 6) is 1.84. The van der Waals surface area contributed by atoms with E-state index < -0.39 is 0 Å². The number of amides is 1. The molecule has 2 aliphatic heterocycles. The van der Waals surface area contributed by atoms with Gasteiger partial charge in [0.05, 0.1) is 26.2 Å². The Morgan fingerprint density at radius 1 is 1.12 bits per heavy atom. The van der Waals surface area contributed by atoms with Gasteiger partial charge in [-0.15, -0.1) is 0 Å². The molecule has 140 valence electrons. The van der Waals surface area contributed by atoms with Gasteiger partial charge in [-0.25, -0.2) is 0 Å². The van der Waals surface area contributed by atoms with Crippen LogP contribution in [0.15, 0.2) is 17.0 Å². The van der Waals surface area contributed by atoms with Crippen LogP contribution in [0.25, 0.3) is 6.08 Å². The molecule has 1 saturated carbocycles. The first kappa shape index (κ1) is 17.5. The molecule has 2 saturated heterocycles. The van der Waals surface area contributed by atoms with Gasteiger partial charge < -0.3 is 19.1 Å². The Labute approximate surface area is 157 Å². The fourth-order valence-electron chi connectivity index (χ4n) is 4.15. The maximum atomic E-state index is 13.0. The van der Waals surface area contributed by atoms with Gasteiger partial charge in [0.2, 0.25) is 5.75 Å². The zero-order valence-electron chi connectivity index (χ0n) is 15.3. The number of nitrogens with one attached hydrogen (secondary N) is 1. The molecule has 0 bridgehead atoms. The molecule has 2 heterocycles. The van der Waals surface area contributed by atoms with Crippen molar-refractivity contribution >= 4 is 23.7 Å². The summed E-state index contributed by atoms with van der Waals surface area (Å²) in [5.41, 5.74) is 0.917. The molecule has 6 nitrogen and oxygen atoms in total. The fraction of sp³-hybridized carbons (Fsp3) is 0.526. The summed E-state index contributed by atoms with van der Waals surface area (Å²) in [6.07, 6.45) is 6.63. The molecule has 1 amide bonds. The Hall–Kier alpha value is -1.86. The third-order valence-corrected chi connectivity index (χ3v) is 6.50. The minimum absolute atomic E-state index is 0.0592. The number of thioether (sulfide) groups is 1. The maximum absolute atomic E-state index is 13.0. The number of carbonyl (C=O) groups is 1. The molecule has 0 aromatic heterocycles. The van der Waals surface area contributed by atoms with Crippen molar-refractivity contribution in [3.63, 3.8) is 0 Å². The van der Waals surface area contributed by atoms with E-state index in [4.69, 9.17) is 14.2 Å². The van der Waals surface area contributed by atoms with Crippen molar-refractivity contribution in [2.75, 3.05) is 21.3 Å². The molecule has 1 aromatic carbocycles. The molecule has 4 rings (SSSR count). The molecular formula is C19H24N2O4S. The summed E-state index contributed by atoms with van der Waals surface area (Å²) in [7, 11) is 4.76. The summed E-state index contributed by atoms with van der Waals surface area (Å²) in [6, 6.07) is 4.51. The maximum Gasteiger partial charge on any atom is 0.262 e. The topological polar surface area (TPSA) is 60.0 Å². The summed E-state index contributed by atoms with van der Waals surface area (Å²) in [5, 5.41) is 3.62. The molecule has 0 radical (unpaired) electrons. The van der Waals surface area contributed by atoms with Gasteiger partial charge in [0.1, 0.15) is 5.50 Å². The van der Waals surface area contributed by atoms with E-state index in [9.17, 15) is 4.79 Å². The van der Waals surface area contributed by atoms with E-state index in [1.54, 1.807) is 33.1 Å². The van der Waals surface area contributed by atoms with Crippen molar-refractivity contribution in [3.05, 3.63) is 22.6 Å². The number of benzene rings is 1. The van der Waals surface area contributed by atoms with E-state index in [1.165, 1.54) is 12.8 Å². The lowest BCUT2D eigenvalue weighted by Crippen LogP contribution is -2.40. The summed E-state index contributed by atoms with van der Waals surface area (Å²) in [4.78, 5) is 15.8. The number of methoxy groups -OCH3 is 3. The fourth-order valence-corrected chi connectivity index (χ4v) is 5.41. The largest absolute Gasteiger partial charge is 0.493 e. The Morgan fingerprint density at radius 3 is 2.46 bits per heavy atom. The monoisotopic (exact) mass is 376 g/mol. The molecule has 26 heavy (non-hydrogen) atoms. The normalized spacial score (nSPS) is 28.9. The number of rotatable bonds is 4. The van der Waals surface area contributed by atoms with Crippen LogP contribution in [0.2, 0.25) is 0 Å². The standard InChI is InChI=1S/C19H24N2O4S/c1-23-14-8-11(9-15(24-2)17(14)25-3)10-16-18(22)21-13-7-5-4-6-12(13)20-19(21)26-16/h8-10,12-13,19-20H,4-7H2,1-3H3. The predicted molar refractivity (Wildman–Crippen MR) is 101 cm³/mol. The summed E-state index contributed by atoms with van der Waals surface area (Å²) >= 11 is 1.60. The van der Waals surface area contributed by atoms with Crippen LogP contribution in [0.5, 0.6) is 17.2 Å². The van der Waals surface area contributed by atoms with Crippen molar-refractivity contribution in [1.29, 1.82) is 0 Å². The molecule has 1 aromatic rings. The van der Waals surface area contributed by atoms with Gasteiger partial charge in [-0.1, -0.05) is 24.6 Å². The van der Waals surface area contributed by atoms with E-state index >= 15 is 0 Å². The lowest BCUT2D eigenvalue weighted by Gasteiger charge is -2.29. The van der Waals surface area contributed by atoms with Crippen LogP contribution in [0.3, 0.4) is 0 Å². The van der Waals surface area contributed by atoms with Crippen LogP contribution < -0.4 is 19.5 Å². The number of carbonyl (C=O) groups excluding carboxylic acids is 1. The molecule has 3 unspecified atom stereocenters. The zero-order chi connectivity index (χ0) is 18.3. The molecule has 0 spiro atoms. The zero-order valence-corrected chi connectivity index (χ0v) is 16.1. The minimum atomic E-state index is 0.0592. The summed E-state index contributed by atoms with van der Waals surface area (Å²) < 4.78 is 16.2. The third kappa shape index (κ3) is 2.83. The van der Waals surface area contributed by atoms with Gasteiger partial charge in [0.15, 0.2) is 11.5 Å². The first-order valence-corrected chi connectivity index (χ1v) is 9.81. The van der Waals surface area contributed by atoms with Crippen molar-refractivity contribution in [3.8, 4) is 17.2 Å². The second-order valence-electron chi connectivity index (χ2n) is 6.77. The number of hydrogen-bond acceptors (Lipinski definition) is 6. The van der Waals surface area contributed by atoms with Gasteiger partial charge in [0, 0.05) is 12.1 Å². The quantitative estimate of drug-likeness (QED) is 0.816. The number of nitrogens with zero attached hydrogens (tertiary/aromatic N) is 1. The Morgan fingerprint density at radius 2 is 1.81 bits per heavy atom. The smallest absolute Gasteiger partial charge is 0.262 e. The van der Waals surface area contributed by atoms with Crippen LogP contribution in [-0.4, -0.2) is 49.7 Å². The van der Waals surface area contributed by atoms with E-state index in [2.05, 4.69) is 5.32 Å². The number of fused-ring (bicyclic) bond motifs is 3. The van der Waals surface area contributed by atoms with E-state index in [0.29, 0.717) is 29.3 Å². The van der Waals surface area contributed by atoms with Gasteiger partial charge in [-0.05, 0) is 36.6 Å². The molecule has 3 atom stereocenters. The van der Waals surface area contributed by atoms with E-state index in [-0.39, 0.29) is 11.4 Å². The third-order valence-electron chi connectivity index (χ3n) is 5.36. The van der Waals surface area contributed by atoms with Crippen LogP contribution >= 0.6 is 11.8 Å². The molecule has 1 N–H and O–H groups in total. The van der Waals surface area contributed by atoms with Gasteiger partial charge >= 0.3 is 0 Å². The number of ether oxygens (including phenoxy) is 3. The van der Waals surface area contributed by atoms with Crippen LogP contribution in [0.1, 0.15) is 31.2 Å². The predicted octanol–water partition coefficient (Wildman–Crippen LogP) is 2.83. The first-order chi connectivity index (χ1) is 12.7. The van der Waals surface area contributed by atoms with Crippen LogP contribution in [0.4, 0.5) is 0 Å². The molecule has 3 fully saturated rings. The Balaban J connectivity index is 1.63. The van der Waals surface area contributed by atoms with Crippen molar-refractivity contribution in [2.24, 2.45) is 0 Å². The second-order valence-corrected chi connectivity index (χ2v) is 7.90. The average molecular weight is 376 g/mol. The van der Waals surface area contributed by atoms with Crippen LogP contribution in [0, 0.1) is 0 Å². The molecule has 1 aliphatic carbocycles. The van der Waals surface area contributed by atoms with Gasteiger partial charge in [-0.3, -0.25) is 10.1 Å². The second kappa shape index (κ2) is 7.04. The van der Waals surface area contributed by atoms with Gasteiger partial charge in [-0.2, -0.15) is 0 Å². The van der Waals surface area contributed by atoms with Crippen molar-refractivity contribution < 1.29 is 19.0 Å². The van der Waals surface area contributed by atoms with Crippen molar-refractivity contribution in [2.45, 2.75) is 43.3 Å². The summed E-state index contributed by atoms with van der Waals surface area (Å²) in [6.45, 7) is 0. The molecule has 7 heteroatoms. The Bertz CT molecular complexity index is 726. The van der Waals surface area contributed by atoms with Crippen LogP contribution in [-0.2, 0) is 4.79 Å². The Kier molecular flexibility index (Phi) is 4.75. The van der Waals surface area contributed by atoms with Gasteiger partial charge in [0.25, 0.3) is 5.91 Å². The van der Waals surface area contributed by atoms with E-state index in [0.717, 1.165) is 23.3 Å². The highest BCUT2D eigenvalue weighted by Gasteiger charge is 2.49. The SMILES string of the molecule is COc1cc(C=C2SC3NC4CCCCC4N3C2=O)cc(OC)c1OC. The highest BCUT2D eigenvalue weighted by Crippen LogP contribution is 2.45. The molecular weight excluding hydrogens is 352 g/mol. The lowest BCUT2D eigenvalue weighted by atomic mass is 9.91. The number of hydrogen-bond donors (Lipinski definition) is 1. The highest BCUT2D eigenvalue weighted by atomic mass is 32.2. The molecule has 3 aliphatic rings. The minimum Gasteiger partial charge on any atom is -0.493 e. The van der Waals surface area contributed by atoms with E-state index in [1.807, 2.05) is 23.1 Å². The lowest BCUT2D eigenvalue weighted by molar-refractivity contribution is -0.127. The first-order valence-electron chi connectivity index (χ1n) is 8.93.